The number of pyridine rings is 1. The Morgan fingerprint density at radius 1 is 1.27 bits per heavy atom. The lowest BCUT2D eigenvalue weighted by molar-refractivity contribution is 0.365. The zero-order valence-corrected chi connectivity index (χ0v) is 6.06. The highest BCUT2D eigenvalue weighted by molar-refractivity contribution is 6.60. The monoisotopic (exact) mass is 149 g/mol. The van der Waals surface area contributed by atoms with Crippen molar-refractivity contribution in [3.05, 3.63) is 24.4 Å². The lowest BCUT2D eigenvalue weighted by Gasteiger charge is -2.00. The van der Waals surface area contributed by atoms with Crippen molar-refractivity contribution in [3.8, 4) is 0 Å². The summed E-state index contributed by atoms with van der Waals surface area (Å²) < 4.78 is 10.5. The molecule has 3 nitrogen and oxygen atoms in total. The van der Waals surface area contributed by atoms with Crippen molar-refractivity contribution in [2.75, 3.05) is 13.2 Å². The number of nitrogens with zero attached hydrogens (tertiary/aromatic N) is 1. The normalized spacial score (nSPS) is 17.3. The van der Waals surface area contributed by atoms with Crippen molar-refractivity contribution in [3.63, 3.8) is 0 Å². The molecule has 0 radical (unpaired) electrons. The van der Waals surface area contributed by atoms with Crippen LogP contribution in [0.3, 0.4) is 0 Å². The fourth-order valence-corrected chi connectivity index (χ4v) is 1.04. The standard InChI is InChI=1S/C7H8BNO2/c1-2-4-9-7(3-1)8-10-5-6-11-8/h1-4H,5-6H2. The fourth-order valence-electron chi connectivity index (χ4n) is 1.04. The average molecular weight is 149 g/mol. The molecule has 1 fully saturated rings. The molecule has 0 spiro atoms. The summed E-state index contributed by atoms with van der Waals surface area (Å²) in [4.78, 5) is 4.11. The van der Waals surface area contributed by atoms with Gasteiger partial charge in [0.05, 0.1) is 18.8 Å². The van der Waals surface area contributed by atoms with Crippen LogP contribution in [0.4, 0.5) is 0 Å². The number of aromatic nitrogens is 1. The first-order valence-electron chi connectivity index (χ1n) is 3.61. The molecule has 2 rings (SSSR count). The van der Waals surface area contributed by atoms with Gasteiger partial charge in [0.2, 0.25) is 0 Å². The van der Waals surface area contributed by atoms with Crippen LogP contribution in [0.1, 0.15) is 0 Å². The van der Waals surface area contributed by atoms with Crippen molar-refractivity contribution in [2.45, 2.75) is 0 Å². The van der Waals surface area contributed by atoms with Crippen LogP contribution in [0.5, 0.6) is 0 Å². The summed E-state index contributed by atoms with van der Waals surface area (Å²) in [5.41, 5.74) is 0.852. The van der Waals surface area contributed by atoms with E-state index in [0.717, 1.165) is 5.59 Å². The van der Waals surface area contributed by atoms with Gasteiger partial charge in [-0.2, -0.15) is 0 Å². The molecule has 1 saturated heterocycles. The molecule has 1 aliphatic rings. The molecule has 0 amide bonds. The third-order valence-corrected chi connectivity index (χ3v) is 1.55. The van der Waals surface area contributed by atoms with Gasteiger partial charge in [0.1, 0.15) is 0 Å². The third-order valence-electron chi connectivity index (χ3n) is 1.55. The molecule has 1 aromatic heterocycles. The van der Waals surface area contributed by atoms with E-state index < -0.39 is 0 Å². The lowest BCUT2D eigenvalue weighted by Crippen LogP contribution is -2.33. The maximum absolute atomic E-state index is 5.25. The topological polar surface area (TPSA) is 31.4 Å². The van der Waals surface area contributed by atoms with Gasteiger partial charge in [-0.05, 0) is 12.1 Å². The Hall–Kier alpha value is -0.865. The lowest BCUT2D eigenvalue weighted by atomic mass is 9.85. The summed E-state index contributed by atoms with van der Waals surface area (Å²) in [6, 6.07) is 5.70. The van der Waals surface area contributed by atoms with Gasteiger partial charge < -0.3 is 9.31 Å². The molecule has 4 heteroatoms. The predicted molar refractivity (Wildman–Crippen MR) is 41.5 cm³/mol. The van der Waals surface area contributed by atoms with Gasteiger partial charge in [0.25, 0.3) is 0 Å². The smallest absolute Gasteiger partial charge is 0.404 e. The first kappa shape index (κ1) is 6.82. The minimum Gasteiger partial charge on any atom is -0.404 e. The molecule has 0 N–H and O–H groups in total. The van der Waals surface area contributed by atoms with Crippen LogP contribution in [0, 0.1) is 0 Å². The van der Waals surface area contributed by atoms with E-state index in [1.54, 1.807) is 6.20 Å². The fraction of sp³-hybridized carbons (Fsp3) is 0.286. The molecule has 56 valence electrons. The highest BCUT2D eigenvalue weighted by Crippen LogP contribution is 1.97. The van der Waals surface area contributed by atoms with Crippen molar-refractivity contribution < 1.29 is 9.31 Å². The van der Waals surface area contributed by atoms with Crippen LogP contribution < -0.4 is 5.59 Å². The van der Waals surface area contributed by atoms with E-state index in [4.69, 9.17) is 9.31 Å². The largest absolute Gasteiger partial charge is 0.513 e. The van der Waals surface area contributed by atoms with Crippen LogP contribution in [-0.2, 0) is 9.31 Å². The highest BCUT2D eigenvalue weighted by atomic mass is 16.6. The number of hydrogen-bond acceptors (Lipinski definition) is 3. The van der Waals surface area contributed by atoms with Crippen molar-refractivity contribution >= 4 is 12.7 Å². The quantitative estimate of drug-likeness (QED) is 0.519. The minimum absolute atomic E-state index is 0.240. The van der Waals surface area contributed by atoms with E-state index in [1.165, 1.54) is 0 Å². The van der Waals surface area contributed by atoms with Gasteiger partial charge in [0.15, 0.2) is 0 Å². The molecular weight excluding hydrogens is 141 g/mol. The van der Waals surface area contributed by atoms with E-state index in [1.807, 2.05) is 18.2 Å². The zero-order valence-electron chi connectivity index (χ0n) is 6.06. The Balaban J connectivity index is 2.16. The number of rotatable bonds is 1. The van der Waals surface area contributed by atoms with Crippen LogP contribution in [0.2, 0.25) is 0 Å². The summed E-state index contributed by atoms with van der Waals surface area (Å²) in [5, 5.41) is 0. The van der Waals surface area contributed by atoms with E-state index in [9.17, 15) is 0 Å². The second-order valence-electron chi connectivity index (χ2n) is 2.33. The molecular formula is C7H8BNO2. The average Bonchev–Trinajstić information content (AvgIpc) is 2.58. The van der Waals surface area contributed by atoms with Crippen LogP contribution in [-0.4, -0.2) is 25.3 Å². The van der Waals surface area contributed by atoms with E-state index in [-0.39, 0.29) is 7.12 Å². The summed E-state index contributed by atoms with van der Waals surface area (Å²) in [5.74, 6) is 0. The summed E-state index contributed by atoms with van der Waals surface area (Å²) >= 11 is 0. The van der Waals surface area contributed by atoms with Crippen LogP contribution in [0.25, 0.3) is 0 Å². The zero-order chi connectivity index (χ0) is 7.52. The van der Waals surface area contributed by atoms with Gasteiger partial charge >= 0.3 is 7.12 Å². The van der Waals surface area contributed by atoms with E-state index >= 15 is 0 Å². The Bertz CT molecular complexity index is 223. The van der Waals surface area contributed by atoms with Gasteiger partial charge in [-0.25, -0.2) is 0 Å². The molecule has 11 heavy (non-hydrogen) atoms. The Morgan fingerprint density at radius 3 is 2.73 bits per heavy atom. The molecule has 1 aromatic rings. The van der Waals surface area contributed by atoms with Crippen molar-refractivity contribution in [1.82, 2.24) is 4.98 Å². The summed E-state index contributed by atoms with van der Waals surface area (Å²) in [6.07, 6.45) is 1.74. The number of hydrogen-bond donors (Lipinski definition) is 0. The second-order valence-corrected chi connectivity index (χ2v) is 2.33. The first-order valence-corrected chi connectivity index (χ1v) is 3.61. The van der Waals surface area contributed by atoms with Gasteiger partial charge in [-0.3, -0.25) is 4.98 Å². The Kier molecular flexibility index (Phi) is 1.88. The Labute approximate surface area is 65.5 Å². The third kappa shape index (κ3) is 1.41. The van der Waals surface area contributed by atoms with Gasteiger partial charge in [-0.1, -0.05) is 6.07 Å². The molecule has 0 atom stereocenters. The molecule has 0 aromatic carbocycles. The SMILES string of the molecule is c1ccc(B2OCCO2)nc1. The highest BCUT2D eigenvalue weighted by Gasteiger charge is 2.26. The molecule has 0 unspecified atom stereocenters. The molecule has 1 aliphatic heterocycles. The van der Waals surface area contributed by atoms with E-state index in [0.29, 0.717) is 13.2 Å². The molecule has 2 heterocycles. The maximum atomic E-state index is 5.25. The van der Waals surface area contributed by atoms with Crippen LogP contribution in [0.15, 0.2) is 24.4 Å². The predicted octanol–water partition coefficient (Wildman–Crippen LogP) is -0.176. The minimum atomic E-state index is -0.240. The summed E-state index contributed by atoms with van der Waals surface area (Å²) in [7, 11) is -0.240. The van der Waals surface area contributed by atoms with Gasteiger partial charge in [0, 0.05) is 6.20 Å². The first-order chi connectivity index (χ1) is 5.47. The van der Waals surface area contributed by atoms with Crippen LogP contribution >= 0.6 is 0 Å². The molecule has 0 aliphatic carbocycles. The molecule has 0 bridgehead atoms. The second kappa shape index (κ2) is 3.03. The molecule has 0 saturated carbocycles. The van der Waals surface area contributed by atoms with Crippen molar-refractivity contribution in [2.24, 2.45) is 0 Å². The summed E-state index contributed by atoms with van der Waals surface area (Å²) in [6.45, 7) is 1.34. The maximum Gasteiger partial charge on any atom is 0.513 e. The van der Waals surface area contributed by atoms with E-state index in [2.05, 4.69) is 4.98 Å². The Morgan fingerprint density at radius 2 is 2.09 bits per heavy atom. The van der Waals surface area contributed by atoms with Crippen molar-refractivity contribution in [1.29, 1.82) is 0 Å². The van der Waals surface area contributed by atoms with Gasteiger partial charge in [-0.15, -0.1) is 0 Å².